The zero-order valence-corrected chi connectivity index (χ0v) is 13.9. The highest BCUT2D eigenvalue weighted by molar-refractivity contribution is 7.98. The molecule has 3 rings (SSSR count). The van der Waals surface area contributed by atoms with E-state index in [2.05, 4.69) is 9.97 Å². The molecule has 22 heavy (non-hydrogen) atoms. The molecule has 6 heteroatoms. The number of hydrogen-bond donors (Lipinski definition) is 0. The number of thioether (sulfide) groups is 1. The lowest BCUT2D eigenvalue weighted by molar-refractivity contribution is 0.0827. The SMILES string of the molecule is CN(C)C(=O)c1ccc(CSc2ncnc3ccsc23)cc1. The van der Waals surface area contributed by atoms with Gasteiger partial charge in [0.15, 0.2) is 0 Å². The quantitative estimate of drug-likeness (QED) is 0.541. The molecule has 4 nitrogen and oxygen atoms in total. The number of fused-ring (bicyclic) bond motifs is 1. The third kappa shape index (κ3) is 3.13. The van der Waals surface area contributed by atoms with Gasteiger partial charge >= 0.3 is 0 Å². The van der Waals surface area contributed by atoms with Gasteiger partial charge in [-0.05, 0) is 29.1 Å². The number of amides is 1. The molecule has 3 aromatic rings. The van der Waals surface area contributed by atoms with Gasteiger partial charge in [0.25, 0.3) is 5.91 Å². The van der Waals surface area contributed by atoms with Crippen molar-refractivity contribution in [2.24, 2.45) is 0 Å². The first-order valence-corrected chi connectivity index (χ1v) is 8.63. The molecule has 1 aromatic carbocycles. The van der Waals surface area contributed by atoms with E-state index in [9.17, 15) is 4.79 Å². The fraction of sp³-hybridized carbons (Fsp3) is 0.188. The summed E-state index contributed by atoms with van der Waals surface area (Å²) in [6.07, 6.45) is 1.61. The van der Waals surface area contributed by atoms with Gasteiger partial charge in [-0.2, -0.15) is 0 Å². The van der Waals surface area contributed by atoms with Gasteiger partial charge in [-0.25, -0.2) is 9.97 Å². The first-order chi connectivity index (χ1) is 10.6. The molecular formula is C16H15N3OS2. The molecule has 0 saturated carbocycles. The Morgan fingerprint density at radius 1 is 1.18 bits per heavy atom. The smallest absolute Gasteiger partial charge is 0.253 e. The van der Waals surface area contributed by atoms with Crippen LogP contribution in [0.5, 0.6) is 0 Å². The number of aromatic nitrogens is 2. The van der Waals surface area contributed by atoms with Crippen molar-refractivity contribution in [1.29, 1.82) is 0 Å². The second-order valence-electron chi connectivity index (χ2n) is 5.00. The van der Waals surface area contributed by atoms with E-state index in [1.54, 1.807) is 48.4 Å². The van der Waals surface area contributed by atoms with Crippen LogP contribution in [-0.2, 0) is 5.75 Å². The van der Waals surface area contributed by atoms with E-state index in [-0.39, 0.29) is 5.91 Å². The average molecular weight is 329 g/mol. The van der Waals surface area contributed by atoms with Crippen LogP contribution in [-0.4, -0.2) is 34.9 Å². The summed E-state index contributed by atoms with van der Waals surface area (Å²) < 4.78 is 1.13. The van der Waals surface area contributed by atoms with Gasteiger partial charge in [-0.15, -0.1) is 23.1 Å². The molecule has 0 aliphatic carbocycles. The van der Waals surface area contributed by atoms with Gasteiger partial charge in [0.2, 0.25) is 0 Å². The molecule has 0 fully saturated rings. The van der Waals surface area contributed by atoms with Crippen LogP contribution in [0.4, 0.5) is 0 Å². The van der Waals surface area contributed by atoms with Crippen molar-refractivity contribution in [1.82, 2.24) is 14.9 Å². The second-order valence-corrected chi connectivity index (χ2v) is 6.88. The molecule has 0 aliphatic rings. The maximum absolute atomic E-state index is 11.9. The zero-order valence-electron chi connectivity index (χ0n) is 12.3. The standard InChI is InChI=1S/C16H15N3OS2/c1-19(2)16(20)12-5-3-11(4-6-12)9-22-15-14-13(7-8-21-14)17-10-18-15/h3-8,10H,9H2,1-2H3. The highest BCUT2D eigenvalue weighted by atomic mass is 32.2. The van der Waals surface area contributed by atoms with Gasteiger partial charge in [0, 0.05) is 25.4 Å². The number of hydrogen-bond acceptors (Lipinski definition) is 5. The Bertz CT molecular complexity index is 797. The third-order valence-corrected chi connectivity index (χ3v) is 5.29. The van der Waals surface area contributed by atoms with Gasteiger partial charge in [-0.1, -0.05) is 12.1 Å². The summed E-state index contributed by atoms with van der Waals surface area (Å²) in [7, 11) is 3.51. The minimum absolute atomic E-state index is 0.0234. The predicted octanol–water partition coefficient (Wildman–Crippen LogP) is 3.69. The van der Waals surface area contributed by atoms with E-state index in [4.69, 9.17) is 0 Å². The molecule has 112 valence electrons. The van der Waals surface area contributed by atoms with Crippen LogP contribution in [0.2, 0.25) is 0 Å². The van der Waals surface area contributed by atoms with Crippen molar-refractivity contribution in [3.05, 3.63) is 53.2 Å². The Balaban J connectivity index is 1.72. The number of benzene rings is 1. The second kappa shape index (κ2) is 6.46. The van der Waals surface area contributed by atoms with Crippen LogP contribution in [0, 0.1) is 0 Å². The number of carbonyl (C=O) groups is 1. The van der Waals surface area contributed by atoms with Crippen molar-refractivity contribution in [3.8, 4) is 0 Å². The van der Waals surface area contributed by atoms with E-state index in [0.29, 0.717) is 5.56 Å². The van der Waals surface area contributed by atoms with Crippen LogP contribution in [0.15, 0.2) is 47.1 Å². The minimum atomic E-state index is 0.0234. The van der Waals surface area contributed by atoms with Crippen molar-refractivity contribution in [2.45, 2.75) is 10.8 Å². The van der Waals surface area contributed by atoms with Crippen LogP contribution in [0.1, 0.15) is 15.9 Å². The van der Waals surface area contributed by atoms with Crippen molar-refractivity contribution >= 4 is 39.2 Å². The highest BCUT2D eigenvalue weighted by Gasteiger charge is 2.09. The molecule has 0 atom stereocenters. The Hall–Kier alpha value is -1.92. The summed E-state index contributed by atoms with van der Waals surface area (Å²) in [5.41, 5.74) is 2.87. The van der Waals surface area contributed by atoms with E-state index in [1.165, 1.54) is 5.56 Å². The first kappa shape index (κ1) is 15.0. The lowest BCUT2D eigenvalue weighted by Gasteiger charge is -2.10. The molecule has 0 aliphatic heterocycles. The Morgan fingerprint density at radius 2 is 1.95 bits per heavy atom. The molecule has 0 spiro atoms. The van der Waals surface area contributed by atoms with Gasteiger partial charge < -0.3 is 4.90 Å². The maximum Gasteiger partial charge on any atom is 0.253 e. The molecule has 0 bridgehead atoms. The Morgan fingerprint density at radius 3 is 2.68 bits per heavy atom. The largest absolute Gasteiger partial charge is 0.345 e. The first-order valence-electron chi connectivity index (χ1n) is 6.77. The lowest BCUT2D eigenvalue weighted by atomic mass is 10.1. The van der Waals surface area contributed by atoms with Gasteiger partial charge in [0.05, 0.1) is 10.2 Å². The van der Waals surface area contributed by atoms with E-state index < -0.39 is 0 Å². The van der Waals surface area contributed by atoms with E-state index in [0.717, 1.165) is 21.0 Å². The Kier molecular flexibility index (Phi) is 4.40. The zero-order chi connectivity index (χ0) is 15.5. The number of carbonyl (C=O) groups excluding carboxylic acids is 1. The normalized spacial score (nSPS) is 10.8. The summed E-state index contributed by atoms with van der Waals surface area (Å²) in [4.78, 5) is 22.1. The Labute approximate surface area is 137 Å². The van der Waals surface area contributed by atoms with Crippen molar-refractivity contribution in [2.75, 3.05) is 14.1 Å². The summed E-state index contributed by atoms with van der Waals surface area (Å²) in [5, 5.41) is 3.04. The highest BCUT2D eigenvalue weighted by Crippen LogP contribution is 2.30. The molecule has 1 amide bonds. The molecule has 0 radical (unpaired) electrons. The monoisotopic (exact) mass is 329 g/mol. The van der Waals surface area contributed by atoms with Crippen molar-refractivity contribution in [3.63, 3.8) is 0 Å². The summed E-state index contributed by atoms with van der Waals surface area (Å²) >= 11 is 3.35. The number of thiophene rings is 1. The molecule has 0 saturated heterocycles. The topological polar surface area (TPSA) is 46.1 Å². The number of rotatable bonds is 4. The fourth-order valence-corrected chi connectivity index (χ4v) is 3.92. The van der Waals surface area contributed by atoms with Crippen LogP contribution in [0.3, 0.4) is 0 Å². The van der Waals surface area contributed by atoms with Gasteiger partial charge in [-0.3, -0.25) is 4.79 Å². The average Bonchev–Trinajstić information content (AvgIpc) is 3.01. The summed E-state index contributed by atoms with van der Waals surface area (Å²) in [5.74, 6) is 0.843. The van der Waals surface area contributed by atoms with Crippen LogP contribution < -0.4 is 0 Å². The van der Waals surface area contributed by atoms with E-state index >= 15 is 0 Å². The van der Waals surface area contributed by atoms with Crippen LogP contribution >= 0.6 is 23.1 Å². The predicted molar refractivity (Wildman–Crippen MR) is 91.4 cm³/mol. The lowest BCUT2D eigenvalue weighted by Crippen LogP contribution is -2.21. The third-order valence-electron chi connectivity index (χ3n) is 3.19. The molecule has 2 heterocycles. The van der Waals surface area contributed by atoms with Gasteiger partial charge in [0.1, 0.15) is 11.4 Å². The van der Waals surface area contributed by atoms with Crippen LogP contribution in [0.25, 0.3) is 10.2 Å². The number of nitrogens with zero attached hydrogens (tertiary/aromatic N) is 3. The molecular weight excluding hydrogens is 314 g/mol. The summed E-state index contributed by atoms with van der Waals surface area (Å²) in [6.45, 7) is 0. The fourth-order valence-electron chi connectivity index (χ4n) is 2.02. The maximum atomic E-state index is 11.9. The molecule has 0 N–H and O–H groups in total. The summed E-state index contributed by atoms with van der Waals surface area (Å²) in [6, 6.07) is 9.75. The van der Waals surface area contributed by atoms with E-state index in [1.807, 2.05) is 35.7 Å². The van der Waals surface area contributed by atoms with Crippen molar-refractivity contribution < 1.29 is 4.79 Å². The molecule has 2 aromatic heterocycles. The minimum Gasteiger partial charge on any atom is -0.345 e. The molecule has 0 unspecified atom stereocenters.